The second-order valence-electron chi connectivity index (χ2n) is 5.04. The molecular formula is C12H22N2O4. The van der Waals surface area contributed by atoms with Crippen LogP contribution in [0.4, 0.5) is 0 Å². The van der Waals surface area contributed by atoms with E-state index in [9.17, 15) is 9.90 Å². The van der Waals surface area contributed by atoms with Crippen molar-refractivity contribution in [2.45, 2.75) is 37.6 Å². The average Bonchev–Trinajstić information content (AvgIpc) is 2.69. The Hall–Kier alpha value is -0.690. The SMILES string of the molecule is CC1OCCC1(O)CNC(=O)CC1CNCCO1. The molecule has 0 aromatic carbocycles. The van der Waals surface area contributed by atoms with Gasteiger partial charge in [0.25, 0.3) is 0 Å². The summed E-state index contributed by atoms with van der Waals surface area (Å²) in [7, 11) is 0. The van der Waals surface area contributed by atoms with E-state index in [0.29, 0.717) is 32.6 Å². The summed E-state index contributed by atoms with van der Waals surface area (Å²) in [6, 6.07) is 0. The molecule has 2 aliphatic heterocycles. The summed E-state index contributed by atoms with van der Waals surface area (Å²) in [4.78, 5) is 11.7. The fourth-order valence-corrected chi connectivity index (χ4v) is 2.28. The second-order valence-corrected chi connectivity index (χ2v) is 5.04. The van der Waals surface area contributed by atoms with Crippen molar-refractivity contribution in [3.63, 3.8) is 0 Å². The Morgan fingerprint density at radius 3 is 2.94 bits per heavy atom. The number of hydrogen-bond acceptors (Lipinski definition) is 5. The third kappa shape index (κ3) is 3.41. The van der Waals surface area contributed by atoms with Gasteiger partial charge >= 0.3 is 0 Å². The zero-order valence-electron chi connectivity index (χ0n) is 10.8. The molecule has 0 aliphatic carbocycles. The summed E-state index contributed by atoms with van der Waals surface area (Å²) in [5.41, 5.74) is -0.929. The largest absolute Gasteiger partial charge is 0.385 e. The van der Waals surface area contributed by atoms with Gasteiger partial charge in [-0.2, -0.15) is 0 Å². The van der Waals surface area contributed by atoms with Crippen LogP contribution in [0.25, 0.3) is 0 Å². The highest BCUT2D eigenvalue weighted by molar-refractivity contribution is 5.76. The number of nitrogens with one attached hydrogen (secondary N) is 2. The second kappa shape index (κ2) is 5.97. The van der Waals surface area contributed by atoms with Crippen molar-refractivity contribution in [3.8, 4) is 0 Å². The highest BCUT2D eigenvalue weighted by atomic mass is 16.5. The van der Waals surface area contributed by atoms with Crippen molar-refractivity contribution in [1.82, 2.24) is 10.6 Å². The Kier molecular flexibility index (Phi) is 4.55. The molecule has 2 fully saturated rings. The van der Waals surface area contributed by atoms with E-state index >= 15 is 0 Å². The van der Waals surface area contributed by atoms with Gasteiger partial charge in [-0.15, -0.1) is 0 Å². The highest BCUT2D eigenvalue weighted by Gasteiger charge is 2.39. The molecule has 3 N–H and O–H groups in total. The lowest BCUT2D eigenvalue weighted by atomic mass is 9.96. The maximum Gasteiger partial charge on any atom is 0.222 e. The Morgan fingerprint density at radius 2 is 2.33 bits per heavy atom. The van der Waals surface area contributed by atoms with Gasteiger partial charge in [0, 0.05) is 32.7 Å². The summed E-state index contributed by atoms with van der Waals surface area (Å²) < 4.78 is 10.8. The molecule has 1 amide bonds. The summed E-state index contributed by atoms with van der Waals surface area (Å²) in [5, 5.41) is 16.2. The van der Waals surface area contributed by atoms with Crippen LogP contribution in [0.3, 0.4) is 0 Å². The van der Waals surface area contributed by atoms with Crippen LogP contribution in [0.2, 0.25) is 0 Å². The quantitative estimate of drug-likeness (QED) is 0.604. The monoisotopic (exact) mass is 258 g/mol. The number of amides is 1. The van der Waals surface area contributed by atoms with Gasteiger partial charge in [0.2, 0.25) is 5.91 Å². The first kappa shape index (κ1) is 13.7. The first-order valence-electron chi connectivity index (χ1n) is 6.53. The molecule has 3 unspecified atom stereocenters. The summed E-state index contributed by atoms with van der Waals surface area (Å²) in [6.45, 7) is 4.81. The number of rotatable bonds is 4. The molecule has 3 atom stereocenters. The van der Waals surface area contributed by atoms with Crippen LogP contribution >= 0.6 is 0 Å². The maximum atomic E-state index is 11.7. The first-order chi connectivity index (χ1) is 8.60. The van der Waals surface area contributed by atoms with Gasteiger partial charge in [0.1, 0.15) is 5.60 Å². The zero-order chi connectivity index (χ0) is 13.0. The van der Waals surface area contributed by atoms with Crippen molar-refractivity contribution >= 4 is 5.91 Å². The topological polar surface area (TPSA) is 79.8 Å². The number of carbonyl (C=O) groups excluding carboxylic acids is 1. The highest BCUT2D eigenvalue weighted by Crippen LogP contribution is 2.24. The molecule has 18 heavy (non-hydrogen) atoms. The number of hydrogen-bond donors (Lipinski definition) is 3. The van der Waals surface area contributed by atoms with Crippen LogP contribution in [0.1, 0.15) is 19.8 Å². The smallest absolute Gasteiger partial charge is 0.222 e. The van der Waals surface area contributed by atoms with E-state index in [1.807, 2.05) is 6.92 Å². The Labute approximate surface area is 107 Å². The summed E-state index contributed by atoms with van der Waals surface area (Å²) >= 11 is 0. The standard InChI is InChI=1S/C12H22N2O4/c1-9-12(16,2-4-17-9)8-14-11(15)6-10-7-13-3-5-18-10/h9-10,13,16H,2-8H2,1H3,(H,14,15). The first-order valence-corrected chi connectivity index (χ1v) is 6.53. The molecule has 0 aromatic heterocycles. The van der Waals surface area contributed by atoms with Crippen LogP contribution in [0, 0.1) is 0 Å². The van der Waals surface area contributed by atoms with Gasteiger partial charge < -0.3 is 25.2 Å². The van der Waals surface area contributed by atoms with E-state index < -0.39 is 5.60 Å². The molecule has 6 heteroatoms. The third-order valence-corrected chi connectivity index (χ3v) is 3.67. The van der Waals surface area contributed by atoms with Gasteiger partial charge in [-0.25, -0.2) is 0 Å². The zero-order valence-corrected chi connectivity index (χ0v) is 10.8. The summed E-state index contributed by atoms with van der Waals surface area (Å²) in [5.74, 6) is -0.0868. The van der Waals surface area contributed by atoms with Crippen molar-refractivity contribution in [1.29, 1.82) is 0 Å². The number of ether oxygens (including phenoxy) is 2. The molecule has 0 saturated carbocycles. The molecule has 2 rings (SSSR count). The van der Waals surface area contributed by atoms with E-state index in [-0.39, 0.29) is 24.7 Å². The average molecular weight is 258 g/mol. The molecule has 0 bridgehead atoms. The molecule has 2 heterocycles. The number of carbonyl (C=O) groups is 1. The molecule has 6 nitrogen and oxygen atoms in total. The summed E-state index contributed by atoms with van der Waals surface area (Å²) in [6.07, 6.45) is 0.602. The number of aliphatic hydroxyl groups is 1. The van der Waals surface area contributed by atoms with Gasteiger partial charge in [-0.1, -0.05) is 0 Å². The van der Waals surface area contributed by atoms with Crippen molar-refractivity contribution in [3.05, 3.63) is 0 Å². The Morgan fingerprint density at radius 1 is 1.50 bits per heavy atom. The van der Waals surface area contributed by atoms with Crippen LogP contribution in [-0.4, -0.2) is 61.7 Å². The van der Waals surface area contributed by atoms with Gasteiger partial charge in [-0.3, -0.25) is 4.79 Å². The van der Waals surface area contributed by atoms with Crippen LogP contribution in [0.15, 0.2) is 0 Å². The predicted molar refractivity (Wildman–Crippen MR) is 65.2 cm³/mol. The lowest BCUT2D eigenvalue weighted by Crippen LogP contribution is -2.48. The normalized spacial score (nSPS) is 36.6. The molecule has 2 aliphatic rings. The third-order valence-electron chi connectivity index (χ3n) is 3.67. The number of morpholine rings is 1. The minimum absolute atomic E-state index is 0.0642. The van der Waals surface area contributed by atoms with Crippen molar-refractivity contribution < 1.29 is 19.4 Å². The molecule has 0 spiro atoms. The van der Waals surface area contributed by atoms with Crippen LogP contribution < -0.4 is 10.6 Å². The molecule has 0 radical (unpaired) electrons. The molecule has 2 saturated heterocycles. The maximum absolute atomic E-state index is 11.7. The van der Waals surface area contributed by atoms with E-state index in [0.717, 1.165) is 6.54 Å². The molecular weight excluding hydrogens is 236 g/mol. The van der Waals surface area contributed by atoms with E-state index in [4.69, 9.17) is 9.47 Å². The lowest BCUT2D eigenvalue weighted by Gasteiger charge is -2.27. The van der Waals surface area contributed by atoms with E-state index in [2.05, 4.69) is 10.6 Å². The molecule has 0 aromatic rings. The molecule has 104 valence electrons. The van der Waals surface area contributed by atoms with Gasteiger partial charge in [-0.05, 0) is 6.92 Å². The van der Waals surface area contributed by atoms with E-state index in [1.165, 1.54) is 0 Å². The Balaban J connectivity index is 1.71. The van der Waals surface area contributed by atoms with Gasteiger partial charge in [0.05, 0.1) is 25.2 Å². The fraction of sp³-hybridized carbons (Fsp3) is 0.917. The van der Waals surface area contributed by atoms with E-state index in [1.54, 1.807) is 0 Å². The fourth-order valence-electron chi connectivity index (χ4n) is 2.28. The van der Waals surface area contributed by atoms with Crippen molar-refractivity contribution in [2.24, 2.45) is 0 Å². The van der Waals surface area contributed by atoms with Crippen molar-refractivity contribution in [2.75, 3.05) is 32.8 Å². The van der Waals surface area contributed by atoms with Gasteiger partial charge in [0.15, 0.2) is 0 Å². The van der Waals surface area contributed by atoms with Crippen LogP contribution in [-0.2, 0) is 14.3 Å². The van der Waals surface area contributed by atoms with Crippen LogP contribution in [0.5, 0.6) is 0 Å². The predicted octanol–water partition coefficient (Wildman–Crippen LogP) is -0.979. The lowest BCUT2D eigenvalue weighted by molar-refractivity contribution is -0.126. The minimum Gasteiger partial charge on any atom is -0.385 e. The Bertz CT molecular complexity index is 294. The minimum atomic E-state index is -0.929.